The molecule has 0 bridgehead atoms. The van der Waals surface area contributed by atoms with Gasteiger partial charge in [0.1, 0.15) is 0 Å². The zero-order valence-corrected chi connectivity index (χ0v) is 10.9. The van der Waals surface area contributed by atoms with Crippen molar-refractivity contribution in [1.29, 1.82) is 0 Å². The first-order chi connectivity index (χ1) is 7.26. The van der Waals surface area contributed by atoms with Crippen molar-refractivity contribution in [3.05, 3.63) is 24.3 Å². The van der Waals surface area contributed by atoms with Crippen molar-refractivity contribution in [2.45, 2.75) is 17.7 Å². The summed E-state index contributed by atoms with van der Waals surface area (Å²) in [6.07, 6.45) is 3.23. The van der Waals surface area contributed by atoms with Crippen LogP contribution in [0.15, 0.2) is 29.2 Å². The van der Waals surface area contributed by atoms with Gasteiger partial charge in [-0.05, 0) is 37.4 Å². The molecule has 90 valence electrons. The van der Waals surface area contributed by atoms with Crippen LogP contribution in [0.5, 0.6) is 0 Å². The van der Waals surface area contributed by atoms with E-state index in [1.807, 2.05) is 30.5 Å². The number of carbonyl (C=O) groups is 1. The Labute approximate surface area is 107 Å². The van der Waals surface area contributed by atoms with Crippen LogP contribution in [0.2, 0.25) is 0 Å². The second kappa shape index (κ2) is 8.44. The lowest BCUT2D eigenvalue weighted by molar-refractivity contribution is -0.116. The van der Waals surface area contributed by atoms with Gasteiger partial charge in [0.25, 0.3) is 0 Å². The summed E-state index contributed by atoms with van der Waals surface area (Å²) in [5.41, 5.74) is 6.18. The van der Waals surface area contributed by atoms with Crippen LogP contribution in [-0.2, 0) is 4.79 Å². The standard InChI is InChI=1S/C11H16N2OS.ClH/c1-15-10-5-2-4-9(8-10)13-11(14)6-3-7-12;/h2,4-5,8H,3,6-7,12H2,1H3,(H,13,14);1H. The highest BCUT2D eigenvalue weighted by molar-refractivity contribution is 7.98. The van der Waals surface area contributed by atoms with Crippen molar-refractivity contribution < 1.29 is 4.79 Å². The first-order valence-electron chi connectivity index (χ1n) is 4.90. The van der Waals surface area contributed by atoms with Gasteiger partial charge >= 0.3 is 0 Å². The molecule has 3 nitrogen and oxygen atoms in total. The Kier molecular flexibility index (Phi) is 8.07. The van der Waals surface area contributed by atoms with Gasteiger partial charge in [0, 0.05) is 17.0 Å². The molecule has 1 rings (SSSR count). The largest absolute Gasteiger partial charge is 0.330 e. The van der Waals surface area contributed by atoms with Gasteiger partial charge in [0.15, 0.2) is 0 Å². The Morgan fingerprint density at radius 1 is 1.50 bits per heavy atom. The SMILES string of the molecule is CSc1cccc(NC(=O)CCCN)c1.Cl. The fraction of sp³-hybridized carbons (Fsp3) is 0.364. The number of anilines is 1. The minimum Gasteiger partial charge on any atom is -0.330 e. The average Bonchev–Trinajstić information content (AvgIpc) is 2.26. The fourth-order valence-electron chi connectivity index (χ4n) is 1.19. The van der Waals surface area contributed by atoms with Crippen molar-refractivity contribution >= 4 is 35.8 Å². The van der Waals surface area contributed by atoms with E-state index >= 15 is 0 Å². The van der Waals surface area contributed by atoms with E-state index in [0.717, 1.165) is 17.0 Å². The van der Waals surface area contributed by atoms with E-state index in [1.165, 1.54) is 0 Å². The Morgan fingerprint density at radius 2 is 2.25 bits per heavy atom. The molecule has 0 atom stereocenters. The van der Waals surface area contributed by atoms with Crippen LogP contribution >= 0.6 is 24.2 Å². The quantitative estimate of drug-likeness (QED) is 0.800. The highest BCUT2D eigenvalue weighted by Crippen LogP contribution is 2.18. The first kappa shape index (κ1) is 15.3. The lowest BCUT2D eigenvalue weighted by atomic mass is 10.2. The second-order valence-electron chi connectivity index (χ2n) is 3.17. The third-order valence-electron chi connectivity index (χ3n) is 1.96. The molecule has 0 spiro atoms. The maximum absolute atomic E-state index is 11.4. The molecule has 0 saturated heterocycles. The summed E-state index contributed by atoms with van der Waals surface area (Å²) < 4.78 is 0. The highest BCUT2D eigenvalue weighted by Gasteiger charge is 2.01. The third kappa shape index (κ3) is 5.39. The van der Waals surface area contributed by atoms with Crippen molar-refractivity contribution in [3.63, 3.8) is 0 Å². The van der Waals surface area contributed by atoms with Crippen LogP contribution in [0.4, 0.5) is 5.69 Å². The Balaban J connectivity index is 0.00000225. The van der Waals surface area contributed by atoms with Gasteiger partial charge in [-0.2, -0.15) is 0 Å². The number of nitrogens with one attached hydrogen (secondary N) is 1. The van der Waals surface area contributed by atoms with E-state index in [4.69, 9.17) is 5.73 Å². The molecule has 0 aliphatic heterocycles. The van der Waals surface area contributed by atoms with E-state index in [2.05, 4.69) is 5.32 Å². The molecule has 16 heavy (non-hydrogen) atoms. The van der Waals surface area contributed by atoms with Gasteiger partial charge in [-0.25, -0.2) is 0 Å². The summed E-state index contributed by atoms with van der Waals surface area (Å²) in [4.78, 5) is 12.5. The molecular formula is C11H17ClN2OS. The maximum atomic E-state index is 11.4. The third-order valence-corrected chi connectivity index (χ3v) is 2.69. The van der Waals surface area contributed by atoms with Gasteiger partial charge in [-0.15, -0.1) is 24.2 Å². The van der Waals surface area contributed by atoms with Crippen LogP contribution in [0.25, 0.3) is 0 Å². The van der Waals surface area contributed by atoms with Crippen molar-refractivity contribution in [3.8, 4) is 0 Å². The Bertz CT molecular complexity index is 334. The van der Waals surface area contributed by atoms with E-state index < -0.39 is 0 Å². The van der Waals surface area contributed by atoms with E-state index in [9.17, 15) is 4.79 Å². The first-order valence-corrected chi connectivity index (χ1v) is 6.12. The molecule has 0 aliphatic rings. The summed E-state index contributed by atoms with van der Waals surface area (Å²) in [6, 6.07) is 7.80. The van der Waals surface area contributed by atoms with Gasteiger partial charge in [0.2, 0.25) is 5.91 Å². The zero-order chi connectivity index (χ0) is 11.1. The number of thioether (sulfide) groups is 1. The zero-order valence-electron chi connectivity index (χ0n) is 9.23. The second-order valence-corrected chi connectivity index (χ2v) is 4.05. The Hall–Kier alpha value is -0.710. The average molecular weight is 261 g/mol. The van der Waals surface area contributed by atoms with E-state index in [0.29, 0.717) is 13.0 Å². The Morgan fingerprint density at radius 3 is 2.88 bits per heavy atom. The van der Waals surface area contributed by atoms with E-state index in [1.54, 1.807) is 11.8 Å². The van der Waals surface area contributed by atoms with E-state index in [-0.39, 0.29) is 18.3 Å². The number of hydrogen-bond acceptors (Lipinski definition) is 3. The van der Waals surface area contributed by atoms with Gasteiger partial charge < -0.3 is 11.1 Å². The number of benzene rings is 1. The summed E-state index contributed by atoms with van der Waals surface area (Å²) >= 11 is 1.66. The predicted molar refractivity (Wildman–Crippen MR) is 72.4 cm³/mol. The molecular weight excluding hydrogens is 244 g/mol. The number of halogens is 1. The fourth-order valence-corrected chi connectivity index (χ4v) is 1.65. The summed E-state index contributed by atoms with van der Waals surface area (Å²) in [7, 11) is 0. The molecule has 0 saturated carbocycles. The monoisotopic (exact) mass is 260 g/mol. The number of carbonyl (C=O) groups excluding carboxylic acids is 1. The number of nitrogens with two attached hydrogens (primary N) is 1. The van der Waals surface area contributed by atoms with Crippen molar-refractivity contribution in [2.24, 2.45) is 5.73 Å². The number of hydrogen-bond donors (Lipinski definition) is 2. The molecule has 1 aromatic rings. The molecule has 0 heterocycles. The normalized spacial score (nSPS) is 9.38. The van der Waals surface area contributed by atoms with Gasteiger partial charge in [-0.1, -0.05) is 6.07 Å². The number of amides is 1. The minimum atomic E-state index is 0. The van der Waals surface area contributed by atoms with Crippen LogP contribution in [0.3, 0.4) is 0 Å². The molecule has 0 aliphatic carbocycles. The summed E-state index contributed by atoms with van der Waals surface area (Å²) in [5, 5.41) is 2.84. The molecule has 0 radical (unpaired) electrons. The molecule has 0 aromatic heterocycles. The van der Waals surface area contributed by atoms with Gasteiger partial charge in [-0.3, -0.25) is 4.79 Å². The maximum Gasteiger partial charge on any atom is 0.224 e. The van der Waals surface area contributed by atoms with Crippen LogP contribution in [-0.4, -0.2) is 18.7 Å². The van der Waals surface area contributed by atoms with Crippen LogP contribution in [0.1, 0.15) is 12.8 Å². The predicted octanol–water partition coefficient (Wildman–Crippen LogP) is 2.51. The molecule has 1 amide bonds. The summed E-state index contributed by atoms with van der Waals surface area (Å²) in [5.74, 6) is 0.0266. The topological polar surface area (TPSA) is 55.1 Å². The van der Waals surface area contributed by atoms with Crippen LogP contribution in [0, 0.1) is 0 Å². The lowest BCUT2D eigenvalue weighted by Gasteiger charge is -2.05. The van der Waals surface area contributed by atoms with Crippen LogP contribution < -0.4 is 11.1 Å². The molecule has 5 heteroatoms. The molecule has 0 unspecified atom stereocenters. The smallest absolute Gasteiger partial charge is 0.224 e. The minimum absolute atomic E-state index is 0. The molecule has 1 aromatic carbocycles. The van der Waals surface area contributed by atoms with Gasteiger partial charge in [0.05, 0.1) is 0 Å². The highest BCUT2D eigenvalue weighted by atomic mass is 35.5. The lowest BCUT2D eigenvalue weighted by Crippen LogP contribution is -2.13. The molecule has 0 fully saturated rings. The summed E-state index contributed by atoms with van der Waals surface area (Å²) in [6.45, 7) is 0.554. The molecule has 3 N–H and O–H groups in total. The van der Waals surface area contributed by atoms with Crippen molar-refractivity contribution in [2.75, 3.05) is 18.1 Å². The van der Waals surface area contributed by atoms with Crippen molar-refractivity contribution in [1.82, 2.24) is 0 Å². The number of rotatable bonds is 5.